The van der Waals surface area contributed by atoms with Crippen molar-refractivity contribution in [3.8, 4) is 0 Å². The van der Waals surface area contributed by atoms with E-state index in [0.29, 0.717) is 0 Å². The Hall–Kier alpha value is 1.69. The van der Waals surface area contributed by atoms with Crippen LogP contribution >= 0.6 is 0 Å². The number of carbonyl (C=O) groups is 1. The summed E-state index contributed by atoms with van der Waals surface area (Å²) in [5.74, 6) is 0. The maximum atomic E-state index is 8.64. The Morgan fingerprint density at radius 1 is 0.682 bits per heavy atom. The second-order valence-corrected chi connectivity index (χ2v) is 1.63. The molecule has 0 aliphatic carbocycles. The predicted octanol–water partition coefficient (Wildman–Crippen LogP) is -15.9. The first kappa shape index (κ1) is 43.8. The van der Waals surface area contributed by atoms with Gasteiger partial charge in [-0.25, -0.2) is 0 Å². The molecule has 0 heterocycles. The van der Waals surface area contributed by atoms with Gasteiger partial charge in [-0.15, -0.1) is 0 Å². The van der Waals surface area contributed by atoms with Crippen molar-refractivity contribution in [3.05, 3.63) is 0 Å². The predicted molar refractivity (Wildman–Crippen MR) is 55.4 cm³/mol. The first-order valence-corrected chi connectivity index (χ1v) is 3.71. The molecule has 15 nitrogen and oxygen atoms in total. The van der Waals surface area contributed by atoms with Crippen LogP contribution in [0.3, 0.4) is 0 Å². The van der Waals surface area contributed by atoms with Crippen LogP contribution in [0.5, 0.6) is 0 Å². The van der Waals surface area contributed by atoms with E-state index in [1.54, 1.807) is 0 Å². The van der Waals surface area contributed by atoms with Gasteiger partial charge in [-0.2, -0.15) is 0 Å². The van der Waals surface area contributed by atoms with Crippen LogP contribution in [0.25, 0.3) is 0 Å². The second-order valence-electron chi connectivity index (χ2n) is 1.63. The number of hydrogen-bond acceptors (Lipinski definition) is 14. The van der Waals surface area contributed by atoms with Gasteiger partial charge in [-0.1, -0.05) is 0 Å². The summed E-state index contributed by atoms with van der Waals surface area (Å²) in [7, 11) is -8.92. The Balaban J connectivity index is -0.0000000250. The summed E-state index contributed by atoms with van der Waals surface area (Å²) in [6, 6.07) is 0. The van der Waals surface area contributed by atoms with Crippen molar-refractivity contribution in [2.45, 2.75) is 0 Å². The molecule has 0 saturated heterocycles. The van der Waals surface area contributed by atoms with Crippen LogP contribution in [-0.4, -0.2) is 95.8 Å². The van der Waals surface area contributed by atoms with E-state index < -0.39 is 35.4 Å². The topological polar surface area (TPSA) is 306 Å². The first-order valence-electron chi connectivity index (χ1n) is 3.71. The van der Waals surface area contributed by atoms with Gasteiger partial charge < -0.3 is 75.3 Å². The standard InChI is InChI=1S/CH2O3.3BH3O3.BH2O3.K.Na/c5*2-1(3)4;;/h(H2,2,3,4);3*2-4H;2-3H;;/q;;;;-1;2*+1/p-1. The maximum Gasteiger partial charge on any atom is 1.00 e. The molecule has 0 spiro atoms. The van der Waals surface area contributed by atoms with E-state index in [1.807, 2.05) is 0 Å². The fourth-order valence-corrected chi connectivity index (χ4v) is 0. The summed E-state index contributed by atoms with van der Waals surface area (Å²) in [4.78, 5) is 8.44. The zero-order chi connectivity index (χ0) is 17.9. The molecule has 0 bridgehead atoms. The van der Waals surface area contributed by atoms with Crippen LogP contribution in [0.4, 0.5) is 4.79 Å². The van der Waals surface area contributed by atoms with E-state index in [4.69, 9.17) is 75.3 Å². The van der Waals surface area contributed by atoms with Gasteiger partial charge in [-0.05, 0) is 0 Å². The SMILES string of the molecule is O=C([O-])O.OB(O)O.OB(O)O.OB(O)O.[K+].[Na+].[O-]B(O)O. The van der Waals surface area contributed by atoms with Crippen LogP contribution in [-0.2, 0) is 0 Å². The monoisotopic (exact) mass is 370 g/mol. The Kier molecular flexibility index (Phi) is 76.3. The second kappa shape index (κ2) is 38.3. The molecule has 0 fully saturated rings. The molecule has 0 radical (unpaired) electrons. The third-order valence-electron chi connectivity index (χ3n) is 0. The molecular weight excluding hydrogens is 357 g/mol. The van der Waals surface area contributed by atoms with E-state index in [9.17, 15) is 0 Å². The largest absolute Gasteiger partial charge is 1.00 e. The van der Waals surface area contributed by atoms with Gasteiger partial charge in [0.1, 0.15) is 0 Å². The molecule has 0 aliphatic rings. The molecular formula is CH12B4KNaO15. The van der Waals surface area contributed by atoms with Crippen LogP contribution < -0.4 is 91.1 Å². The number of carboxylic acid groups (broad SMARTS) is 2. The van der Waals surface area contributed by atoms with E-state index in [-0.39, 0.29) is 80.9 Å². The van der Waals surface area contributed by atoms with Crippen LogP contribution in [0.15, 0.2) is 0 Å². The van der Waals surface area contributed by atoms with Crippen LogP contribution in [0, 0.1) is 0 Å². The molecule has 0 atom stereocenters. The molecule has 0 aromatic carbocycles. The minimum absolute atomic E-state index is 0. The molecule has 21 heteroatoms. The maximum absolute atomic E-state index is 8.64. The van der Waals surface area contributed by atoms with Gasteiger partial charge in [0.25, 0.3) is 0 Å². The molecule has 0 saturated carbocycles. The Bertz CT molecular complexity index is 131. The first-order chi connectivity index (χ1) is 8.66. The van der Waals surface area contributed by atoms with Gasteiger partial charge >= 0.3 is 110 Å². The third kappa shape index (κ3) is 3260. The minimum Gasteiger partial charge on any atom is -0.832 e. The molecule has 120 valence electrons. The van der Waals surface area contributed by atoms with Crippen molar-refractivity contribution in [1.29, 1.82) is 0 Å². The molecule has 0 amide bonds. The number of hydrogen-bond donors (Lipinski definition) is 12. The number of rotatable bonds is 0. The van der Waals surface area contributed by atoms with E-state index in [2.05, 4.69) is 0 Å². The minimum atomic E-state index is -2.42. The summed E-state index contributed by atoms with van der Waals surface area (Å²) < 4.78 is 0. The molecule has 12 N–H and O–H groups in total. The van der Waals surface area contributed by atoms with Crippen molar-refractivity contribution in [3.63, 3.8) is 0 Å². The van der Waals surface area contributed by atoms with Crippen molar-refractivity contribution < 1.29 is 156 Å². The molecule has 0 aliphatic heterocycles. The molecule has 0 aromatic heterocycles. The van der Waals surface area contributed by atoms with Gasteiger partial charge in [0.15, 0.2) is 0 Å². The van der Waals surface area contributed by atoms with Crippen LogP contribution in [0.2, 0.25) is 0 Å². The fourth-order valence-electron chi connectivity index (χ4n) is 0. The zero-order valence-corrected chi connectivity index (χ0v) is 16.5. The summed E-state index contributed by atoms with van der Waals surface area (Å²) >= 11 is 0. The van der Waals surface area contributed by atoms with Gasteiger partial charge in [0, 0.05) is 0 Å². The third-order valence-corrected chi connectivity index (χ3v) is 0. The summed E-state index contributed by atoms with van der Waals surface area (Å²) in [5, 5.41) is 103. The van der Waals surface area contributed by atoms with Gasteiger partial charge in [-0.3, -0.25) is 0 Å². The molecule has 0 aromatic rings. The van der Waals surface area contributed by atoms with Crippen molar-refractivity contribution >= 4 is 35.4 Å². The smallest absolute Gasteiger partial charge is 0.832 e. The Morgan fingerprint density at radius 3 is 0.682 bits per heavy atom. The van der Waals surface area contributed by atoms with Gasteiger partial charge in [0.05, 0.1) is 0 Å². The van der Waals surface area contributed by atoms with E-state index >= 15 is 0 Å². The zero-order valence-electron chi connectivity index (χ0n) is 11.4. The van der Waals surface area contributed by atoms with E-state index in [0.717, 1.165) is 0 Å². The Morgan fingerprint density at radius 2 is 0.682 bits per heavy atom. The normalized spacial score (nSPS) is 6.00. The van der Waals surface area contributed by atoms with Gasteiger partial charge in [0.2, 0.25) is 6.16 Å². The molecule has 22 heavy (non-hydrogen) atoms. The summed E-state index contributed by atoms with van der Waals surface area (Å²) in [5.41, 5.74) is 0. The fraction of sp³-hybridized carbons (Fsp3) is 0. The quantitative estimate of drug-likeness (QED) is 0.176. The average Bonchev–Trinajstić information content (AvgIpc) is 1.94. The van der Waals surface area contributed by atoms with E-state index in [1.165, 1.54) is 0 Å². The van der Waals surface area contributed by atoms with Crippen molar-refractivity contribution in [2.75, 3.05) is 0 Å². The van der Waals surface area contributed by atoms with Crippen molar-refractivity contribution in [2.24, 2.45) is 0 Å². The summed E-state index contributed by atoms with van der Waals surface area (Å²) in [6.07, 6.45) is -2.08. The molecule has 0 unspecified atom stereocenters. The average molecular weight is 369 g/mol. The Labute approximate surface area is 189 Å². The summed E-state index contributed by atoms with van der Waals surface area (Å²) in [6.45, 7) is 0. The molecule has 0 rings (SSSR count). The van der Waals surface area contributed by atoms with Crippen LogP contribution in [0.1, 0.15) is 0 Å². The van der Waals surface area contributed by atoms with Crippen molar-refractivity contribution in [1.82, 2.24) is 0 Å².